The van der Waals surface area contributed by atoms with E-state index >= 15 is 0 Å². The van der Waals surface area contributed by atoms with Crippen molar-refractivity contribution in [3.63, 3.8) is 0 Å². The van der Waals surface area contributed by atoms with E-state index in [0.29, 0.717) is 56.8 Å². The van der Waals surface area contributed by atoms with Crippen LogP contribution in [0.4, 0.5) is 5.69 Å². The molecule has 1 N–H and O–H groups in total. The largest absolute Gasteiger partial charge is 0.492 e. The molecule has 0 aromatic heterocycles. The first kappa shape index (κ1) is 24.8. The van der Waals surface area contributed by atoms with Gasteiger partial charge in [-0.2, -0.15) is 5.26 Å². The summed E-state index contributed by atoms with van der Waals surface area (Å²) in [6.45, 7) is 3.65. The van der Waals surface area contributed by atoms with Crippen molar-refractivity contribution in [3.8, 4) is 11.8 Å². The van der Waals surface area contributed by atoms with E-state index in [9.17, 15) is 18.5 Å². The van der Waals surface area contributed by atoms with Gasteiger partial charge < -0.3 is 14.8 Å². The second-order valence-electron chi connectivity index (χ2n) is 10.0. The van der Waals surface area contributed by atoms with Crippen molar-refractivity contribution in [2.75, 3.05) is 51.0 Å². The zero-order valence-electron chi connectivity index (χ0n) is 20.5. The number of carbonyl (C=O) groups excluding carboxylic acids is 1. The van der Waals surface area contributed by atoms with Crippen LogP contribution in [0.25, 0.3) is 0 Å². The van der Waals surface area contributed by atoms with Gasteiger partial charge in [0.15, 0.2) is 9.84 Å². The molecule has 0 radical (unpaired) electrons. The molecule has 3 aliphatic heterocycles. The van der Waals surface area contributed by atoms with Crippen LogP contribution in [0.5, 0.6) is 5.75 Å². The molecular weight excluding hydrogens is 478 g/mol. The Morgan fingerprint density at radius 2 is 1.78 bits per heavy atom. The number of nitriles is 1. The Morgan fingerprint density at radius 1 is 1.08 bits per heavy atom. The third-order valence-electron chi connectivity index (χ3n) is 8.12. The minimum absolute atomic E-state index is 0.0278. The molecule has 0 bridgehead atoms. The molecule has 2 saturated heterocycles. The summed E-state index contributed by atoms with van der Waals surface area (Å²) >= 11 is 0. The normalized spacial score (nSPS) is 20.9. The van der Waals surface area contributed by atoms with E-state index in [1.165, 1.54) is 6.26 Å². The zero-order valence-corrected chi connectivity index (χ0v) is 21.3. The van der Waals surface area contributed by atoms with E-state index in [-0.39, 0.29) is 5.91 Å². The SMILES string of the molecule is CS(=O)(=O)C1(c2ccc(OCCN3CCC4(CC3)C(=O)Nc3ccc(C#N)cc34)cc2)CCOCC1. The van der Waals surface area contributed by atoms with E-state index in [1.54, 1.807) is 6.07 Å². The van der Waals surface area contributed by atoms with Crippen LogP contribution in [0.15, 0.2) is 42.5 Å². The molecule has 0 saturated carbocycles. The minimum Gasteiger partial charge on any atom is -0.492 e. The number of rotatable bonds is 6. The standard InChI is InChI=1S/C27H31N3O5S/c1-36(32,33)27(10-15-34-16-11-27)21-3-5-22(6-4-21)35-17-14-30-12-8-26(9-13-30)23-18-20(19-28)2-7-24(23)29-25(26)31/h2-7,18H,8-17H2,1H3,(H,29,31). The van der Waals surface area contributed by atoms with Gasteiger partial charge >= 0.3 is 0 Å². The highest BCUT2D eigenvalue weighted by atomic mass is 32.2. The van der Waals surface area contributed by atoms with Gasteiger partial charge in [-0.1, -0.05) is 12.1 Å². The summed E-state index contributed by atoms with van der Waals surface area (Å²) in [5.41, 5.74) is 2.56. The monoisotopic (exact) mass is 509 g/mol. The fourth-order valence-corrected chi connectivity index (χ4v) is 7.33. The lowest BCUT2D eigenvalue weighted by molar-refractivity contribution is -0.122. The summed E-state index contributed by atoms with van der Waals surface area (Å²) in [7, 11) is -3.29. The van der Waals surface area contributed by atoms with E-state index in [4.69, 9.17) is 9.47 Å². The number of benzene rings is 2. The average molecular weight is 510 g/mol. The maximum absolute atomic E-state index is 12.9. The van der Waals surface area contributed by atoms with Crippen molar-refractivity contribution in [2.24, 2.45) is 0 Å². The third kappa shape index (κ3) is 4.27. The molecule has 0 aliphatic carbocycles. The van der Waals surface area contributed by atoms with Gasteiger partial charge in [-0.3, -0.25) is 9.69 Å². The number of amides is 1. The van der Waals surface area contributed by atoms with Crippen LogP contribution in [0.1, 0.15) is 42.4 Å². The Balaban J connectivity index is 1.17. The fourth-order valence-electron chi connectivity index (χ4n) is 5.86. The van der Waals surface area contributed by atoms with Gasteiger partial charge in [0.1, 0.15) is 17.1 Å². The van der Waals surface area contributed by atoms with Crippen LogP contribution in [0, 0.1) is 11.3 Å². The molecule has 2 aromatic carbocycles. The number of nitrogens with one attached hydrogen (secondary N) is 1. The number of anilines is 1. The molecule has 9 heteroatoms. The van der Waals surface area contributed by atoms with Gasteiger partial charge in [-0.25, -0.2) is 8.42 Å². The van der Waals surface area contributed by atoms with Crippen LogP contribution in [0.2, 0.25) is 0 Å². The number of carbonyl (C=O) groups is 1. The molecule has 5 rings (SSSR count). The number of sulfone groups is 1. The maximum Gasteiger partial charge on any atom is 0.235 e. The molecule has 8 nitrogen and oxygen atoms in total. The number of nitrogens with zero attached hydrogens (tertiary/aromatic N) is 2. The fraction of sp³-hybridized carbons (Fsp3) is 0.481. The molecule has 1 spiro atoms. The Labute approximate surface area is 212 Å². The number of hydrogen-bond acceptors (Lipinski definition) is 7. The summed E-state index contributed by atoms with van der Waals surface area (Å²) in [4.78, 5) is 15.1. The summed E-state index contributed by atoms with van der Waals surface area (Å²) in [5.74, 6) is 0.732. The quantitative estimate of drug-likeness (QED) is 0.638. The van der Waals surface area contributed by atoms with Crippen molar-refractivity contribution in [1.29, 1.82) is 5.26 Å². The van der Waals surface area contributed by atoms with E-state index in [1.807, 2.05) is 36.4 Å². The van der Waals surface area contributed by atoms with Crippen LogP contribution in [-0.4, -0.2) is 64.9 Å². The van der Waals surface area contributed by atoms with Crippen molar-refractivity contribution in [3.05, 3.63) is 59.2 Å². The molecular formula is C27H31N3O5S. The molecule has 3 heterocycles. The van der Waals surface area contributed by atoms with Crippen molar-refractivity contribution in [1.82, 2.24) is 4.90 Å². The van der Waals surface area contributed by atoms with E-state index in [0.717, 1.165) is 36.4 Å². The van der Waals surface area contributed by atoms with Crippen molar-refractivity contribution in [2.45, 2.75) is 35.8 Å². The van der Waals surface area contributed by atoms with Crippen LogP contribution >= 0.6 is 0 Å². The molecule has 190 valence electrons. The minimum atomic E-state index is -3.29. The highest BCUT2D eigenvalue weighted by Gasteiger charge is 2.48. The Hall–Kier alpha value is -2.93. The lowest BCUT2D eigenvalue weighted by atomic mass is 9.73. The topological polar surface area (TPSA) is 109 Å². The second-order valence-corrected chi connectivity index (χ2v) is 12.3. The smallest absolute Gasteiger partial charge is 0.235 e. The Kier molecular flexibility index (Phi) is 6.54. The maximum atomic E-state index is 12.9. The number of hydrogen-bond donors (Lipinski definition) is 1. The average Bonchev–Trinajstić information content (AvgIpc) is 3.15. The predicted molar refractivity (Wildman–Crippen MR) is 136 cm³/mol. The van der Waals surface area contributed by atoms with Crippen LogP contribution in [0.3, 0.4) is 0 Å². The van der Waals surface area contributed by atoms with Crippen LogP contribution < -0.4 is 10.1 Å². The summed E-state index contributed by atoms with van der Waals surface area (Å²) in [6, 6.07) is 15.0. The molecule has 0 unspecified atom stereocenters. The Morgan fingerprint density at radius 3 is 2.42 bits per heavy atom. The van der Waals surface area contributed by atoms with Crippen LogP contribution in [-0.2, 0) is 29.5 Å². The second kappa shape index (κ2) is 9.51. The van der Waals surface area contributed by atoms with Gasteiger partial charge in [-0.05, 0) is 80.2 Å². The first-order chi connectivity index (χ1) is 17.3. The highest BCUT2D eigenvalue weighted by Crippen LogP contribution is 2.45. The number of likely N-dealkylation sites (tertiary alicyclic amines) is 1. The van der Waals surface area contributed by atoms with E-state index < -0.39 is 20.0 Å². The third-order valence-corrected chi connectivity index (χ3v) is 10.2. The number of piperidine rings is 1. The molecule has 36 heavy (non-hydrogen) atoms. The first-order valence-corrected chi connectivity index (χ1v) is 14.3. The molecule has 2 aromatic rings. The summed E-state index contributed by atoms with van der Waals surface area (Å²) < 4.78 is 35.7. The van der Waals surface area contributed by atoms with Gasteiger partial charge in [0, 0.05) is 31.7 Å². The highest BCUT2D eigenvalue weighted by molar-refractivity contribution is 7.91. The zero-order chi connectivity index (χ0) is 25.4. The molecule has 0 atom stereocenters. The van der Waals surface area contributed by atoms with Gasteiger partial charge in [0.05, 0.1) is 17.0 Å². The van der Waals surface area contributed by atoms with Crippen molar-refractivity contribution >= 4 is 21.4 Å². The molecule has 1 amide bonds. The van der Waals surface area contributed by atoms with Crippen molar-refractivity contribution < 1.29 is 22.7 Å². The molecule has 2 fully saturated rings. The van der Waals surface area contributed by atoms with Gasteiger partial charge in [0.2, 0.25) is 5.91 Å². The predicted octanol–water partition coefficient (Wildman–Crippen LogP) is 2.97. The summed E-state index contributed by atoms with van der Waals surface area (Å²) in [6.07, 6.45) is 3.63. The van der Waals surface area contributed by atoms with E-state index in [2.05, 4.69) is 16.3 Å². The first-order valence-electron chi connectivity index (χ1n) is 12.4. The molecule has 3 aliphatic rings. The lowest BCUT2D eigenvalue weighted by Crippen LogP contribution is -2.47. The van der Waals surface area contributed by atoms with Gasteiger partial charge in [0.25, 0.3) is 0 Å². The van der Waals surface area contributed by atoms with Gasteiger partial charge in [-0.15, -0.1) is 0 Å². The lowest BCUT2D eigenvalue weighted by Gasteiger charge is -2.38. The number of ether oxygens (including phenoxy) is 2. The Bertz CT molecular complexity index is 1290. The number of fused-ring (bicyclic) bond motifs is 2. The summed E-state index contributed by atoms with van der Waals surface area (Å²) in [5, 5.41) is 12.3.